The Labute approximate surface area is 216 Å². The number of fused-ring (bicyclic) bond motifs is 1. The van der Waals surface area contributed by atoms with Crippen molar-refractivity contribution in [2.75, 3.05) is 11.9 Å². The van der Waals surface area contributed by atoms with Crippen LogP contribution in [0, 0.1) is 6.92 Å². The molecule has 2 aromatic carbocycles. The van der Waals surface area contributed by atoms with Gasteiger partial charge in [0.2, 0.25) is 5.91 Å². The molecule has 2 aromatic heterocycles. The quantitative estimate of drug-likeness (QED) is 0.358. The van der Waals surface area contributed by atoms with E-state index in [-0.39, 0.29) is 11.7 Å². The van der Waals surface area contributed by atoms with Crippen molar-refractivity contribution in [3.63, 3.8) is 0 Å². The first-order valence-corrected chi connectivity index (χ1v) is 12.5. The van der Waals surface area contributed by atoms with Crippen molar-refractivity contribution >= 4 is 39.3 Å². The number of rotatable bonds is 5. The Morgan fingerprint density at radius 3 is 2.59 bits per heavy atom. The van der Waals surface area contributed by atoms with Crippen LogP contribution < -0.4 is 10.1 Å². The van der Waals surface area contributed by atoms with Gasteiger partial charge in [0.05, 0.1) is 23.2 Å². The Balaban J connectivity index is 1.88. The van der Waals surface area contributed by atoms with Gasteiger partial charge < -0.3 is 14.8 Å². The largest absolute Gasteiger partial charge is 0.493 e. The molecule has 1 amide bonds. The molecule has 7 heteroatoms. The molecular formula is C30H31N3O4. The molecule has 0 fully saturated rings. The standard InChI is InChI=1S/C30H31N3O4/c1-16-15-22-20(8-10-24(33-22)32-18(3)35)27(25(16)29(17(2)34)37-30(4,5)6)21-7-9-23-26-19(12-14-36-23)11-13-31-28(21)26/h7-11,13,15,29H,12,14H2,1-6H3,(H,32,33,35)/t29-/m1/s1. The van der Waals surface area contributed by atoms with Gasteiger partial charge in [0.15, 0.2) is 5.78 Å². The molecule has 37 heavy (non-hydrogen) atoms. The molecule has 0 saturated heterocycles. The van der Waals surface area contributed by atoms with E-state index in [1.165, 1.54) is 12.5 Å². The molecule has 190 valence electrons. The highest BCUT2D eigenvalue weighted by atomic mass is 16.5. The van der Waals surface area contributed by atoms with Crippen LogP contribution >= 0.6 is 0 Å². The van der Waals surface area contributed by atoms with E-state index in [1.54, 1.807) is 13.0 Å². The minimum atomic E-state index is -0.781. The van der Waals surface area contributed by atoms with Crippen molar-refractivity contribution in [3.8, 4) is 16.9 Å². The molecule has 0 spiro atoms. The van der Waals surface area contributed by atoms with Gasteiger partial charge in [0.1, 0.15) is 17.7 Å². The van der Waals surface area contributed by atoms with Gasteiger partial charge in [0.25, 0.3) is 0 Å². The molecule has 0 unspecified atom stereocenters. The van der Waals surface area contributed by atoms with Crippen LogP contribution in [0.25, 0.3) is 32.9 Å². The van der Waals surface area contributed by atoms with Crippen molar-refractivity contribution in [2.45, 2.75) is 59.7 Å². The SMILES string of the molecule is CC(=O)Nc1ccc2c(-c3ccc4c5c(ccnc35)CCO4)c([C@H](OC(C)(C)C)C(C)=O)c(C)cc2n1. The monoisotopic (exact) mass is 497 g/mol. The number of ether oxygens (including phenoxy) is 2. The highest BCUT2D eigenvalue weighted by Gasteiger charge is 2.31. The van der Waals surface area contributed by atoms with Crippen LogP contribution in [-0.2, 0) is 20.7 Å². The molecule has 1 atom stereocenters. The minimum absolute atomic E-state index is 0.0829. The molecular weight excluding hydrogens is 466 g/mol. The summed E-state index contributed by atoms with van der Waals surface area (Å²) in [7, 11) is 0. The summed E-state index contributed by atoms with van der Waals surface area (Å²) in [6.45, 7) is 11.5. The van der Waals surface area contributed by atoms with E-state index in [1.807, 2.05) is 64.2 Å². The van der Waals surface area contributed by atoms with E-state index < -0.39 is 11.7 Å². The average molecular weight is 498 g/mol. The maximum Gasteiger partial charge on any atom is 0.222 e. The summed E-state index contributed by atoms with van der Waals surface area (Å²) in [5.41, 5.74) is 5.56. The van der Waals surface area contributed by atoms with Gasteiger partial charge in [-0.05, 0) is 93.3 Å². The first kappa shape index (κ1) is 24.8. The second-order valence-corrected chi connectivity index (χ2v) is 10.6. The third kappa shape index (κ3) is 4.67. The summed E-state index contributed by atoms with van der Waals surface area (Å²) in [5.74, 6) is 1.01. The number of benzene rings is 2. The summed E-state index contributed by atoms with van der Waals surface area (Å²) in [5, 5.41) is 4.60. The number of carbonyl (C=O) groups is 2. The van der Waals surface area contributed by atoms with E-state index in [0.29, 0.717) is 17.9 Å². The Kier molecular flexibility index (Phi) is 6.20. The molecule has 1 aliphatic heterocycles. The van der Waals surface area contributed by atoms with E-state index in [9.17, 15) is 9.59 Å². The van der Waals surface area contributed by atoms with Crippen LogP contribution in [0.2, 0.25) is 0 Å². The predicted molar refractivity (Wildman–Crippen MR) is 145 cm³/mol. The number of carbonyl (C=O) groups excluding carboxylic acids is 2. The van der Waals surface area contributed by atoms with Crippen LogP contribution in [0.3, 0.4) is 0 Å². The normalized spacial score (nSPS) is 13.9. The summed E-state index contributed by atoms with van der Waals surface area (Å²) in [4.78, 5) is 34.3. The average Bonchev–Trinajstić information content (AvgIpc) is 2.82. The number of amides is 1. The molecule has 0 bridgehead atoms. The van der Waals surface area contributed by atoms with E-state index in [0.717, 1.165) is 50.7 Å². The van der Waals surface area contributed by atoms with Crippen LogP contribution in [0.1, 0.15) is 57.4 Å². The first-order chi connectivity index (χ1) is 17.5. The second kappa shape index (κ2) is 9.23. The van der Waals surface area contributed by atoms with E-state index in [2.05, 4.69) is 5.32 Å². The van der Waals surface area contributed by atoms with Crippen molar-refractivity contribution in [3.05, 3.63) is 59.3 Å². The second-order valence-electron chi connectivity index (χ2n) is 10.6. The van der Waals surface area contributed by atoms with Crippen LogP contribution in [-0.4, -0.2) is 33.9 Å². The Morgan fingerprint density at radius 1 is 1.11 bits per heavy atom. The number of aromatic nitrogens is 2. The molecule has 1 aliphatic rings. The third-order valence-electron chi connectivity index (χ3n) is 6.49. The number of pyridine rings is 2. The highest BCUT2D eigenvalue weighted by Crippen LogP contribution is 2.45. The number of hydrogen-bond donors (Lipinski definition) is 1. The number of hydrogen-bond acceptors (Lipinski definition) is 6. The van der Waals surface area contributed by atoms with E-state index in [4.69, 9.17) is 19.4 Å². The van der Waals surface area contributed by atoms with Gasteiger partial charge >= 0.3 is 0 Å². The zero-order valence-corrected chi connectivity index (χ0v) is 22.1. The van der Waals surface area contributed by atoms with Crippen molar-refractivity contribution in [2.24, 2.45) is 0 Å². The molecule has 7 nitrogen and oxygen atoms in total. The lowest BCUT2D eigenvalue weighted by Crippen LogP contribution is -2.27. The predicted octanol–water partition coefficient (Wildman–Crippen LogP) is 6.10. The Morgan fingerprint density at radius 2 is 1.89 bits per heavy atom. The number of Topliss-reactive ketones (excluding diaryl/α,β-unsaturated/α-hetero) is 1. The molecule has 0 aliphatic carbocycles. The maximum atomic E-state index is 13.1. The smallest absolute Gasteiger partial charge is 0.222 e. The van der Waals surface area contributed by atoms with Crippen LogP contribution in [0.15, 0.2) is 42.6 Å². The number of anilines is 1. The number of nitrogens with zero attached hydrogens (tertiary/aromatic N) is 2. The third-order valence-corrected chi connectivity index (χ3v) is 6.49. The zero-order valence-electron chi connectivity index (χ0n) is 22.1. The topological polar surface area (TPSA) is 90.4 Å². The van der Waals surface area contributed by atoms with Gasteiger partial charge in [-0.2, -0.15) is 0 Å². The lowest BCUT2D eigenvalue weighted by Gasteiger charge is -2.30. The highest BCUT2D eigenvalue weighted by molar-refractivity contribution is 6.08. The van der Waals surface area contributed by atoms with Crippen molar-refractivity contribution in [1.29, 1.82) is 0 Å². The maximum absolute atomic E-state index is 13.1. The molecule has 5 rings (SSSR count). The summed E-state index contributed by atoms with van der Waals surface area (Å²) < 4.78 is 12.3. The van der Waals surface area contributed by atoms with Crippen molar-refractivity contribution in [1.82, 2.24) is 9.97 Å². The fourth-order valence-corrected chi connectivity index (χ4v) is 5.10. The van der Waals surface area contributed by atoms with Gasteiger partial charge in [-0.3, -0.25) is 14.6 Å². The number of aryl methyl sites for hydroxylation is 1. The molecule has 3 heterocycles. The fourth-order valence-electron chi connectivity index (χ4n) is 5.10. The number of ketones is 1. The number of nitrogens with one attached hydrogen (secondary N) is 1. The van der Waals surface area contributed by atoms with Crippen LogP contribution in [0.5, 0.6) is 5.75 Å². The Hall–Kier alpha value is -3.84. The summed E-state index contributed by atoms with van der Waals surface area (Å²) in [6.07, 6.45) is 1.85. The molecule has 0 saturated carbocycles. The summed E-state index contributed by atoms with van der Waals surface area (Å²) in [6, 6.07) is 11.7. The van der Waals surface area contributed by atoms with Gasteiger partial charge in [-0.15, -0.1) is 0 Å². The lowest BCUT2D eigenvalue weighted by atomic mass is 9.85. The van der Waals surface area contributed by atoms with Gasteiger partial charge in [-0.1, -0.05) is 0 Å². The molecule has 0 radical (unpaired) electrons. The van der Waals surface area contributed by atoms with Crippen molar-refractivity contribution < 1.29 is 19.1 Å². The Bertz CT molecular complexity index is 1560. The first-order valence-electron chi connectivity index (χ1n) is 12.5. The molecule has 4 aromatic rings. The van der Waals surface area contributed by atoms with Crippen LogP contribution in [0.4, 0.5) is 5.82 Å². The van der Waals surface area contributed by atoms with Gasteiger partial charge in [-0.25, -0.2) is 4.98 Å². The lowest BCUT2D eigenvalue weighted by molar-refractivity contribution is -0.138. The fraction of sp³-hybridized carbons (Fsp3) is 0.333. The minimum Gasteiger partial charge on any atom is -0.493 e. The van der Waals surface area contributed by atoms with E-state index >= 15 is 0 Å². The summed E-state index contributed by atoms with van der Waals surface area (Å²) >= 11 is 0. The van der Waals surface area contributed by atoms with Gasteiger partial charge in [0, 0.05) is 35.9 Å². The molecule has 1 N–H and O–H groups in total. The zero-order chi connectivity index (χ0) is 26.5.